The van der Waals surface area contributed by atoms with Gasteiger partial charge in [0.2, 0.25) is 0 Å². The Kier molecular flexibility index (Phi) is 4.02. The fourth-order valence-electron chi connectivity index (χ4n) is 1.21. The Hall–Kier alpha value is -0.710. The fraction of sp³-hybridized carbons (Fsp3) is 0.700. The number of alkyl carbamates (subject to hydrolysis) is 1. The molecule has 1 fully saturated rings. The lowest BCUT2D eigenvalue weighted by atomic mass is 10.2. The second-order valence-corrected chi connectivity index (χ2v) is 4.89. The van der Waals surface area contributed by atoms with Crippen LogP contribution in [-0.2, 0) is 9.47 Å². The summed E-state index contributed by atoms with van der Waals surface area (Å²) >= 11 is 3.19. The smallest absolute Gasteiger partial charge is 0.408 e. The Morgan fingerprint density at radius 3 is 2.80 bits per heavy atom. The van der Waals surface area contributed by atoms with Gasteiger partial charge in [0.15, 0.2) is 0 Å². The highest BCUT2D eigenvalue weighted by Crippen LogP contribution is 2.18. The van der Waals surface area contributed by atoms with Crippen molar-refractivity contribution < 1.29 is 14.3 Å². The van der Waals surface area contributed by atoms with Crippen LogP contribution in [0.15, 0.2) is 10.7 Å². The van der Waals surface area contributed by atoms with Crippen molar-refractivity contribution in [2.75, 3.05) is 6.61 Å². The summed E-state index contributed by atoms with van der Waals surface area (Å²) in [6, 6.07) is 0.00338. The molecule has 1 N–H and O–H groups in total. The van der Waals surface area contributed by atoms with Crippen LogP contribution in [0.5, 0.6) is 0 Å². The summed E-state index contributed by atoms with van der Waals surface area (Å²) in [5, 5.41) is 2.75. The molecule has 0 aliphatic carbocycles. The van der Waals surface area contributed by atoms with E-state index in [4.69, 9.17) is 9.47 Å². The van der Waals surface area contributed by atoms with Gasteiger partial charge in [-0.1, -0.05) is 15.9 Å². The summed E-state index contributed by atoms with van der Waals surface area (Å²) in [7, 11) is 0. The number of hydrogen-bond acceptors (Lipinski definition) is 3. The molecule has 0 spiro atoms. The molecule has 1 unspecified atom stereocenters. The molecule has 5 heteroatoms. The van der Waals surface area contributed by atoms with Crippen LogP contribution in [-0.4, -0.2) is 24.3 Å². The minimum atomic E-state index is -0.461. The minimum absolute atomic E-state index is 0.00338. The van der Waals surface area contributed by atoms with Crippen LogP contribution < -0.4 is 5.32 Å². The SMILES string of the molecule is CC(C)(C)OC(=O)NC1CO/C(=C/Br)C1. The number of halogens is 1. The largest absolute Gasteiger partial charge is 0.495 e. The number of ether oxygens (including phenoxy) is 2. The van der Waals surface area contributed by atoms with E-state index < -0.39 is 11.7 Å². The molecule has 1 heterocycles. The molecule has 1 aliphatic rings. The van der Waals surface area contributed by atoms with Crippen molar-refractivity contribution in [2.45, 2.75) is 38.8 Å². The summed E-state index contributed by atoms with van der Waals surface area (Å²) in [5.41, 5.74) is -0.461. The number of hydrogen-bond donors (Lipinski definition) is 1. The summed E-state index contributed by atoms with van der Waals surface area (Å²) in [5.74, 6) is 0.844. The van der Waals surface area contributed by atoms with Crippen LogP contribution in [0, 0.1) is 0 Å². The van der Waals surface area contributed by atoms with E-state index in [-0.39, 0.29) is 6.04 Å². The molecule has 0 radical (unpaired) electrons. The first-order valence-electron chi connectivity index (χ1n) is 4.82. The predicted molar refractivity (Wildman–Crippen MR) is 60.7 cm³/mol. The molecule has 1 atom stereocenters. The van der Waals surface area contributed by atoms with Gasteiger partial charge in [0.1, 0.15) is 18.0 Å². The first-order valence-corrected chi connectivity index (χ1v) is 5.74. The quantitative estimate of drug-likeness (QED) is 0.801. The highest BCUT2D eigenvalue weighted by molar-refractivity contribution is 9.11. The van der Waals surface area contributed by atoms with Crippen molar-refractivity contribution in [1.82, 2.24) is 5.32 Å². The van der Waals surface area contributed by atoms with Gasteiger partial charge in [-0.05, 0) is 20.8 Å². The first-order chi connectivity index (χ1) is 6.90. The molecule has 15 heavy (non-hydrogen) atoms. The third-order valence-electron chi connectivity index (χ3n) is 1.76. The molecule has 1 saturated heterocycles. The van der Waals surface area contributed by atoms with Gasteiger partial charge in [-0.25, -0.2) is 4.79 Å². The van der Waals surface area contributed by atoms with Gasteiger partial charge in [0.25, 0.3) is 0 Å². The number of carbonyl (C=O) groups excluding carboxylic acids is 1. The second kappa shape index (κ2) is 4.88. The van der Waals surface area contributed by atoms with E-state index in [1.165, 1.54) is 0 Å². The number of amides is 1. The molecule has 1 rings (SSSR count). The minimum Gasteiger partial charge on any atom is -0.495 e. The van der Waals surface area contributed by atoms with Gasteiger partial charge >= 0.3 is 6.09 Å². The van der Waals surface area contributed by atoms with Gasteiger partial charge in [0, 0.05) is 11.4 Å². The Morgan fingerprint density at radius 2 is 2.33 bits per heavy atom. The topological polar surface area (TPSA) is 47.6 Å². The van der Waals surface area contributed by atoms with Crippen LogP contribution in [0.1, 0.15) is 27.2 Å². The average molecular weight is 278 g/mol. The van der Waals surface area contributed by atoms with E-state index in [0.717, 1.165) is 5.76 Å². The molecule has 0 aromatic heterocycles. The molecule has 1 amide bonds. The number of carbonyl (C=O) groups is 1. The standard InChI is InChI=1S/C10H16BrNO3/c1-10(2,3)15-9(13)12-7-4-8(5-11)14-6-7/h5,7H,4,6H2,1-3H3,(H,12,13)/b8-5+. The Bertz CT molecular complexity index is 270. The van der Waals surface area contributed by atoms with Crippen molar-refractivity contribution in [2.24, 2.45) is 0 Å². The normalized spacial score (nSPS) is 23.7. The lowest BCUT2D eigenvalue weighted by Gasteiger charge is -2.20. The van der Waals surface area contributed by atoms with E-state index in [1.807, 2.05) is 20.8 Å². The molecular formula is C10H16BrNO3. The van der Waals surface area contributed by atoms with Gasteiger partial charge in [-0.15, -0.1) is 0 Å². The molecule has 0 bridgehead atoms. The molecule has 0 aromatic rings. The van der Waals surface area contributed by atoms with Crippen molar-refractivity contribution >= 4 is 22.0 Å². The van der Waals surface area contributed by atoms with E-state index in [1.54, 1.807) is 4.99 Å². The summed E-state index contributed by atoms with van der Waals surface area (Å²) in [4.78, 5) is 13.1. The average Bonchev–Trinajstić information content (AvgIpc) is 2.48. The molecule has 0 saturated carbocycles. The molecular weight excluding hydrogens is 262 g/mol. The van der Waals surface area contributed by atoms with Crippen LogP contribution in [0.4, 0.5) is 4.79 Å². The third kappa shape index (κ3) is 4.55. The predicted octanol–water partition coefficient (Wildman–Crippen LogP) is 2.54. The summed E-state index contributed by atoms with van der Waals surface area (Å²) in [6.07, 6.45) is 0.303. The highest BCUT2D eigenvalue weighted by Gasteiger charge is 2.24. The summed E-state index contributed by atoms with van der Waals surface area (Å²) in [6.45, 7) is 6.00. The molecule has 86 valence electrons. The Labute approximate surface area is 98.1 Å². The monoisotopic (exact) mass is 277 g/mol. The summed E-state index contributed by atoms with van der Waals surface area (Å²) < 4.78 is 10.4. The maximum absolute atomic E-state index is 11.4. The third-order valence-corrected chi connectivity index (χ3v) is 2.27. The van der Waals surface area contributed by atoms with Gasteiger partial charge < -0.3 is 14.8 Å². The van der Waals surface area contributed by atoms with Gasteiger partial charge in [-0.3, -0.25) is 0 Å². The van der Waals surface area contributed by atoms with Crippen LogP contribution in [0.3, 0.4) is 0 Å². The molecule has 0 aromatic carbocycles. The van der Waals surface area contributed by atoms with E-state index in [9.17, 15) is 4.79 Å². The fourth-order valence-corrected chi connectivity index (χ4v) is 1.53. The zero-order chi connectivity index (χ0) is 11.5. The maximum Gasteiger partial charge on any atom is 0.408 e. The van der Waals surface area contributed by atoms with Gasteiger partial charge in [0.05, 0.1) is 6.04 Å². The second-order valence-electron chi connectivity index (χ2n) is 4.43. The van der Waals surface area contributed by atoms with E-state index in [2.05, 4.69) is 21.2 Å². The van der Waals surface area contributed by atoms with Crippen LogP contribution in [0.2, 0.25) is 0 Å². The number of nitrogens with one attached hydrogen (secondary N) is 1. The highest BCUT2D eigenvalue weighted by atomic mass is 79.9. The van der Waals surface area contributed by atoms with Crippen molar-refractivity contribution in [3.05, 3.63) is 10.7 Å². The van der Waals surface area contributed by atoms with Crippen molar-refractivity contribution in [1.29, 1.82) is 0 Å². The van der Waals surface area contributed by atoms with E-state index in [0.29, 0.717) is 13.0 Å². The maximum atomic E-state index is 11.4. The Morgan fingerprint density at radius 1 is 1.67 bits per heavy atom. The van der Waals surface area contributed by atoms with Crippen LogP contribution >= 0.6 is 15.9 Å². The molecule has 4 nitrogen and oxygen atoms in total. The Balaban J connectivity index is 2.34. The van der Waals surface area contributed by atoms with Gasteiger partial charge in [-0.2, -0.15) is 0 Å². The van der Waals surface area contributed by atoms with Crippen molar-refractivity contribution in [3.63, 3.8) is 0 Å². The number of rotatable bonds is 1. The zero-order valence-corrected chi connectivity index (χ0v) is 10.8. The molecule has 1 aliphatic heterocycles. The van der Waals surface area contributed by atoms with E-state index >= 15 is 0 Å². The zero-order valence-electron chi connectivity index (χ0n) is 9.17. The first kappa shape index (κ1) is 12.4. The van der Waals surface area contributed by atoms with Crippen LogP contribution in [0.25, 0.3) is 0 Å². The lowest BCUT2D eigenvalue weighted by molar-refractivity contribution is 0.0499. The lowest BCUT2D eigenvalue weighted by Crippen LogP contribution is -2.39. The van der Waals surface area contributed by atoms with Crippen molar-refractivity contribution in [3.8, 4) is 0 Å².